The molecule has 5 nitrogen and oxygen atoms in total. The molecule has 1 aliphatic heterocycles. The monoisotopic (exact) mass is 369 g/mol. The molecule has 1 atom stereocenters. The highest BCUT2D eigenvalue weighted by Crippen LogP contribution is 2.37. The zero-order chi connectivity index (χ0) is 15.1. The molecule has 0 bridgehead atoms. The predicted octanol–water partition coefficient (Wildman–Crippen LogP) is 1.95. The van der Waals surface area contributed by atoms with Gasteiger partial charge in [-0.1, -0.05) is 15.9 Å². The van der Waals surface area contributed by atoms with Gasteiger partial charge >= 0.3 is 10.2 Å². The summed E-state index contributed by atoms with van der Waals surface area (Å²) < 4.78 is 47.6. The number of hydrogen-bond acceptors (Lipinski definition) is 4. The lowest BCUT2D eigenvalue weighted by Crippen LogP contribution is -2.25. The molecule has 0 spiro atoms. The van der Waals surface area contributed by atoms with E-state index in [9.17, 15) is 26.6 Å². The van der Waals surface area contributed by atoms with Crippen molar-refractivity contribution in [2.45, 2.75) is 6.42 Å². The number of rotatable bonds is 3. The molecule has 1 N–H and O–H groups in total. The number of nitrogens with zero attached hydrogens (tertiary/aromatic N) is 1. The maximum absolute atomic E-state index is 13.4. The maximum Gasteiger partial charge on any atom is 0.302 e. The average molecular weight is 370 g/mol. The summed E-state index contributed by atoms with van der Waals surface area (Å²) in [7, 11) is -4.69. The molecule has 1 saturated heterocycles. The minimum absolute atomic E-state index is 0.0689. The zero-order valence-electron chi connectivity index (χ0n) is 10.0. The minimum Gasteiger partial charge on any atom is -0.503 e. The molecule has 0 aliphatic carbocycles. The Balaban J connectivity index is 2.29. The number of carbonyl (C=O) groups excluding carboxylic acids is 1. The highest BCUT2D eigenvalue weighted by atomic mass is 79.9. The van der Waals surface area contributed by atoms with E-state index in [4.69, 9.17) is 0 Å². The second-order valence-electron chi connectivity index (χ2n) is 4.54. The summed E-state index contributed by atoms with van der Waals surface area (Å²) in [5, 5.41) is 9.64. The van der Waals surface area contributed by atoms with Crippen LogP contribution in [-0.4, -0.2) is 31.7 Å². The van der Waals surface area contributed by atoms with Crippen LogP contribution in [0.2, 0.25) is 0 Å². The van der Waals surface area contributed by atoms with Crippen LogP contribution in [0.1, 0.15) is 6.42 Å². The number of phenols is 1. The number of benzene rings is 1. The highest BCUT2D eigenvalue weighted by molar-refractivity contribution is 9.10. The largest absolute Gasteiger partial charge is 0.503 e. The van der Waals surface area contributed by atoms with E-state index in [0.29, 0.717) is 4.47 Å². The average Bonchev–Trinajstić information content (AvgIpc) is 2.62. The van der Waals surface area contributed by atoms with Gasteiger partial charge in [0.15, 0.2) is 11.6 Å². The van der Waals surface area contributed by atoms with Crippen LogP contribution in [0.15, 0.2) is 16.6 Å². The van der Waals surface area contributed by atoms with E-state index in [-0.39, 0.29) is 18.7 Å². The molecule has 9 heteroatoms. The van der Waals surface area contributed by atoms with Gasteiger partial charge in [0, 0.05) is 23.4 Å². The van der Waals surface area contributed by atoms with Gasteiger partial charge in [0.2, 0.25) is 5.91 Å². The third-order valence-electron chi connectivity index (χ3n) is 2.94. The lowest BCUT2D eigenvalue weighted by molar-refractivity contribution is -0.117. The topological polar surface area (TPSA) is 74.7 Å². The van der Waals surface area contributed by atoms with Gasteiger partial charge in [-0.25, -0.2) is 4.39 Å². The van der Waals surface area contributed by atoms with Crippen LogP contribution in [0.5, 0.6) is 5.75 Å². The first kappa shape index (κ1) is 15.2. The Morgan fingerprint density at radius 2 is 2.10 bits per heavy atom. The molecule has 0 radical (unpaired) electrons. The molecule has 1 amide bonds. The van der Waals surface area contributed by atoms with E-state index in [1.807, 2.05) is 0 Å². The first-order valence-electron chi connectivity index (χ1n) is 5.58. The van der Waals surface area contributed by atoms with Crippen molar-refractivity contribution >= 4 is 37.7 Å². The van der Waals surface area contributed by atoms with E-state index in [2.05, 4.69) is 15.9 Å². The van der Waals surface area contributed by atoms with Crippen LogP contribution in [0.3, 0.4) is 0 Å². The Kier molecular flexibility index (Phi) is 4.01. The number of anilines is 1. The molecule has 1 heterocycles. The quantitative estimate of drug-likeness (QED) is 0.826. The van der Waals surface area contributed by atoms with Crippen molar-refractivity contribution in [1.82, 2.24) is 0 Å². The van der Waals surface area contributed by atoms with Crippen LogP contribution in [0.25, 0.3) is 0 Å². The van der Waals surface area contributed by atoms with Crippen LogP contribution < -0.4 is 4.90 Å². The van der Waals surface area contributed by atoms with Crippen molar-refractivity contribution in [3.63, 3.8) is 0 Å². The summed E-state index contributed by atoms with van der Waals surface area (Å²) in [5.74, 6) is -3.61. The Bertz CT molecular complexity index is 665. The molecule has 1 fully saturated rings. The molecular formula is C11H10BrF2NO4S. The number of amides is 1. The summed E-state index contributed by atoms with van der Waals surface area (Å²) in [5.41, 5.74) is -0.0689. The normalized spacial score (nSPS) is 19.6. The van der Waals surface area contributed by atoms with Crippen LogP contribution >= 0.6 is 15.9 Å². The first-order valence-corrected chi connectivity index (χ1v) is 7.92. The van der Waals surface area contributed by atoms with Gasteiger partial charge in [-0.15, -0.1) is 3.89 Å². The number of aromatic hydroxyl groups is 1. The summed E-state index contributed by atoms with van der Waals surface area (Å²) in [6, 6.07) is 2.37. The lowest BCUT2D eigenvalue weighted by atomic mass is 10.1. The Morgan fingerprint density at radius 3 is 2.70 bits per heavy atom. The van der Waals surface area contributed by atoms with Crippen LogP contribution in [0.4, 0.5) is 14.0 Å². The minimum atomic E-state index is -4.69. The van der Waals surface area contributed by atoms with Gasteiger partial charge in [-0.05, 0) is 12.1 Å². The molecule has 2 rings (SSSR count). The second kappa shape index (κ2) is 5.28. The van der Waals surface area contributed by atoms with Crippen molar-refractivity contribution in [3.8, 4) is 5.75 Å². The molecule has 110 valence electrons. The van der Waals surface area contributed by atoms with E-state index >= 15 is 0 Å². The fraction of sp³-hybridized carbons (Fsp3) is 0.364. The molecule has 1 aliphatic rings. The van der Waals surface area contributed by atoms with Crippen molar-refractivity contribution in [1.29, 1.82) is 0 Å². The lowest BCUT2D eigenvalue weighted by Gasteiger charge is -2.18. The number of halogens is 3. The third kappa shape index (κ3) is 3.26. The smallest absolute Gasteiger partial charge is 0.302 e. The Hall–Kier alpha value is -1.22. The van der Waals surface area contributed by atoms with E-state index < -0.39 is 39.4 Å². The Morgan fingerprint density at radius 1 is 1.45 bits per heavy atom. The molecule has 1 unspecified atom stereocenters. The van der Waals surface area contributed by atoms with Gasteiger partial charge in [0.1, 0.15) is 0 Å². The molecule has 20 heavy (non-hydrogen) atoms. The van der Waals surface area contributed by atoms with Crippen LogP contribution in [-0.2, 0) is 15.0 Å². The van der Waals surface area contributed by atoms with Crippen molar-refractivity contribution < 1.29 is 26.6 Å². The van der Waals surface area contributed by atoms with Gasteiger partial charge in [0.05, 0.1) is 11.4 Å². The zero-order valence-corrected chi connectivity index (χ0v) is 12.4. The van der Waals surface area contributed by atoms with Crippen molar-refractivity contribution in [3.05, 3.63) is 22.4 Å². The van der Waals surface area contributed by atoms with Gasteiger partial charge in [-0.2, -0.15) is 8.42 Å². The number of carbonyl (C=O) groups is 1. The standard InChI is InChI=1S/C11H10BrF2NO4S/c12-7-2-8(13)11(17)9(3-7)15-4-6(1-10(15)16)5-20(14,18)19/h2-3,6,17H,1,4-5H2. The molecule has 0 aromatic heterocycles. The number of hydrogen-bond donors (Lipinski definition) is 1. The maximum atomic E-state index is 13.4. The fourth-order valence-corrected chi connectivity index (χ4v) is 3.37. The summed E-state index contributed by atoms with van der Waals surface area (Å²) >= 11 is 3.03. The Labute approximate surface area is 122 Å². The second-order valence-corrected chi connectivity index (χ2v) is 6.86. The van der Waals surface area contributed by atoms with Crippen molar-refractivity contribution in [2.24, 2.45) is 5.92 Å². The van der Waals surface area contributed by atoms with Gasteiger partial charge < -0.3 is 10.0 Å². The SMILES string of the molecule is O=C1CC(CS(=O)(=O)F)CN1c1cc(Br)cc(F)c1O. The van der Waals surface area contributed by atoms with Crippen LogP contribution in [0, 0.1) is 11.7 Å². The third-order valence-corrected chi connectivity index (χ3v) is 4.27. The fourth-order valence-electron chi connectivity index (χ4n) is 2.17. The van der Waals surface area contributed by atoms with Gasteiger partial charge in [0.25, 0.3) is 0 Å². The van der Waals surface area contributed by atoms with Gasteiger partial charge in [-0.3, -0.25) is 4.79 Å². The summed E-state index contributed by atoms with van der Waals surface area (Å²) in [6.07, 6.45) is -0.170. The predicted molar refractivity (Wildman–Crippen MR) is 71.1 cm³/mol. The highest BCUT2D eigenvalue weighted by Gasteiger charge is 2.35. The van der Waals surface area contributed by atoms with E-state index in [1.165, 1.54) is 6.07 Å². The molecular weight excluding hydrogens is 360 g/mol. The van der Waals surface area contributed by atoms with E-state index in [0.717, 1.165) is 11.0 Å². The molecule has 1 aromatic rings. The van der Waals surface area contributed by atoms with E-state index in [1.54, 1.807) is 0 Å². The molecule has 0 saturated carbocycles. The van der Waals surface area contributed by atoms with Crippen molar-refractivity contribution in [2.75, 3.05) is 17.2 Å². The molecule has 1 aromatic carbocycles. The number of phenolic OH excluding ortho intramolecular Hbond substituents is 1. The summed E-state index contributed by atoms with van der Waals surface area (Å²) in [6.45, 7) is -0.0918. The first-order chi connectivity index (χ1) is 9.17. The summed E-state index contributed by atoms with van der Waals surface area (Å²) in [4.78, 5) is 12.9.